The van der Waals surface area contributed by atoms with E-state index in [2.05, 4.69) is 9.97 Å². The first-order valence-electron chi connectivity index (χ1n) is 11.7. The zero-order valence-electron chi connectivity index (χ0n) is 19.8. The summed E-state index contributed by atoms with van der Waals surface area (Å²) in [6.45, 7) is 2.71. The SMILES string of the molecule is Cc1nc2c(c(=O)n1C)CN(C(=O)Cc1ccc(CCC(=O)CCc3cccnc3)cc1)CC2. The van der Waals surface area contributed by atoms with Crippen molar-refractivity contribution in [2.45, 2.75) is 52.0 Å². The van der Waals surface area contributed by atoms with Crippen molar-refractivity contribution in [3.63, 3.8) is 0 Å². The van der Waals surface area contributed by atoms with E-state index >= 15 is 0 Å². The maximum Gasteiger partial charge on any atom is 0.258 e. The summed E-state index contributed by atoms with van der Waals surface area (Å²) in [6.07, 6.45) is 6.87. The van der Waals surface area contributed by atoms with E-state index in [0.717, 1.165) is 28.8 Å². The van der Waals surface area contributed by atoms with E-state index in [-0.39, 0.29) is 17.2 Å². The molecule has 2 aromatic heterocycles. The van der Waals surface area contributed by atoms with Crippen molar-refractivity contribution < 1.29 is 9.59 Å². The quantitative estimate of drug-likeness (QED) is 0.518. The normalized spacial score (nSPS) is 12.9. The highest BCUT2D eigenvalue weighted by molar-refractivity contribution is 5.79. The molecule has 0 saturated carbocycles. The average molecular weight is 459 g/mol. The largest absolute Gasteiger partial charge is 0.337 e. The molecule has 0 atom stereocenters. The van der Waals surface area contributed by atoms with Crippen LogP contribution in [-0.4, -0.2) is 37.7 Å². The smallest absolute Gasteiger partial charge is 0.258 e. The Hall–Kier alpha value is -3.61. The predicted octanol–water partition coefficient (Wildman–Crippen LogP) is 2.75. The highest BCUT2D eigenvalue weighted by Gasteiger charge is 2.25. The number of carbonyl (C=O) groups is 2. The van der Waals surface area contributed by atoms with Crippen LogP contribution in [0, 0.1) is 6.92 Å². The fourth-order valence-electron chi connectivity index (χ4n) is 4.25. The first kappa shape index (κ1) is 23.5. The van der Waals surface area contributed by atoms with Gasteiger partial charge in [0.05, 0.1) is 24.2 Å². The van der Waals surface area contributed by atoms with Crippen molar-refractivity contribution in [2.75, 3.05) is 6.54 Å². The summed E-state index contributed by atoms with van der Waals surface area (Å²) in [5.41, 5.74) is 4.45. The summed E-state index contributed by atoms with van der Waals surface area (Å²) < 4.78 is 1.54. The van der Waals surface area contributed by atoms with Gasteiger partial charge in [-0.25, -0.2) is 4.98 Å². The van der Waals surface area contributed by atoms with Crippen LogP contribution in [0.15, 0.2) is 53.6 Å². The molecule has 1 amide bonds. The second-order valence-corrected chi connectivity index (χ2v) is 8.91. The van der Waals surface area contributed by atoms with E-state index < -0.39 is 0 Å². The number of ketones is 1. The number of hydrogen-bond acceptors (Lipinski definition) is 5. The van der Waals surface area contributed by atoms with Gasteiger partial charge >= 0.3 is 0 Å². The number of aromatic nitrogens is 3. The van der Waals surface area contributed by atoms with Crippen LogP contribution in [-0.2, 0) is 48.9 Å². The van der Waals surface area contributed by atoms with Gasteiger partial charge in [-0.15, -0.1) is 0 Å². The monoisotopic (exact) mass is 458 g/mol. The van der Waals surface area contributed by atoms with Gasteiger partial charge < -0.3 is 4.90 Å². The average Bonchev–Trinajstić information content (AvgIpc) is 2.86. The zero-order valence-corrected chi connectivity index (χ0v) is 19.8. The lowest BCUT2D eigenvalue weighted by Crippen LogP contribution is -2.41. The molecule has 0 saturated heterocycles. The second-order valence-electron chi connectivity index (χ2n) is 8.91. The fraction of sp³-hybridized carbons (Fsp3) is 0.370. The van der Waals surface area contributed by atoms with Gasteiger partial charge in [0, 0.05) is 45.2 Å². The van der Waals surface area contributed by atoms with Crippen LogP contribution in [0.4, 0.5) is 0 Å². The molecule has 0 unspecified atom stereocenters. The van der Waals surface area contributed by atoms with E-state index in [1.165, 1.54) is 4.57 Å². The Bertz CT molecular complexity index is 1230. The molecule has 34 heavy (non-hydrogen) atoms. The van der Waals surface area contributed by atoms with Gasteiger partial charge in [-0.05, 0) is 42.5 Å². The lowest BCUT2D eigenvalue weighted by atomic mass is 10.0. The minimum Gasteiger partial charge on any atom is -0.337 e. The topological polar surface area (TPSA) is 85.2 Å². The highest BCUT2D eigenvalue weighted by atomic mass is 16.2. The van der Waals surface area contributed by atoms with E-state index in [9.17, 15) is 14.4 Å². The Labute approximate surface area is 199 Å². The lowest BCUT2D eigenvalue weighted by Gasteiger charge is -2.28. The molecule has 4 rings (SSSR count). The van der Waals surface area contributed by atoms with E-state index in [1.54, 1.807) is 24.3 Å². The number of amides is 1. The molecule has 0 bridgehead atoms. The summed E-state index contributed by atoms with van der Waals surface area (Å²) in [4.78, 5) is 48.0. The maximum absolute atomic E-state index is 12.9. The number of benzene rings is 1. The number of hydrogen-bond donors (Lipinski definition) is 0. The van der Waals surface area contributed by atoms with Crippen molar-refractivity contribution in [1.82, 2.24) is 19.4 Å². The Morgan fingerprint density at radius 2 is 1.71 bits per heavy atom. The van der Waals surface area contributed by atoms with Gasteiger partial charge in [-0.3, -0.25) is 23.9 Å². The van der Waals surface area contributed by atoms with Crippen molar-refractivity contribution in [3.8, 4) is 0 Å². The Morgan fingerprint density at radius 3 is 2.41 bits per heavy atom. The molecular weight excluding hydrogens is 428 g/mol. The number of fused-ring (bicyclic) bond motifs is 1. The van der Waals surface area contributed by atoms with Gasteiger partial charge in [-0.2, -0.15) is 0 Å². The summed E-state index contributed by atoms with van der Waals surface area (Å²) in [6, 6.07) is 11.8. The highest BCUT2D eigenvalue weighted by Crippen LogP contribution is 2.16. The number of rotatable bonds is 8. The molecule has 0 fully saturated rings. The van der Waals surface area contributed by atoms with E-state index in [1.807, 2.05) is 43.3 Å². The van der Waals surface area contributed by atoms with Gasteiger partial charge in [-0.1, -0.05) is 30.3 Å². The van der Waals surface area contributed by atoms with Crippen LogP contribution < -0.4 is 5.56 Å². The number of aryl methyl sites for hydroxylation is 3. The van der Waals surface area contributed by atoms with Gasteiger partial charge in [0.2, 0.25) is 5.91 Å². The number of carbonyl (C=O) groups excluding carboxylic acids is 2. The van der Waals surface area contributed by atoms with Crippen molar-refractivity contribution in [1.29, 1.82) is 0 Å². The number of Topliss-reactive ketones (excluding diaryl/α,β-unsaturated/α-hetero) is 1. The zero-order chi connectivity index (χ0) is 24.1. The first-order chi connectivity index (χ1) is 16.4. The summed E-state index contributed by atoms with van der Waals surface area (Å²) in [7, 11) is 1.71. The van der Waals surface area contributed by atoms with E-state index in [4.69, 9.17) is 0 Å². The lowest BCUT2D eigenvalue weighted by molar-refractivity contribution is -0.131. The summed E-state index contributed by atoms with van der Waals surface area (Å²) in [5.74, 6) is 0.940. The predicted molar refractivity (Wildman–Crippen MR) is 129 cm³/mol. The van der Waals surface area contributed by atoms with Crippen LogP contribution in [0.3, 0.4) is 0 Å². The molecule has 3 aromatic rings. The molecule has 3 heterocycles. The van der Waals surface area contributed by atoms with Crippen molar-refractivity contribution in [3.05, 3.63) is 92.9 Å². The van der Waals surface area contributed by atoms with Gasteiger partial charge in [0.1, 0.15) is 11.6 Å². The maximum atomic E-state index is 12.9. The van der Waals surface area contributed by atoms with Crippen LogP contribution in [0.2, 0.25) is 0 Å². The van der Waals surface area contributed by atoms with Crippen molar-refractivity contribution >= 4 is 11.7 Å². The number of nitrogens with zero attached hydrogens (tertiary/aromatic N) is 4. The van der Waals surface area contributed by atoms with Crippen LogP contribution in [0.1, 0.15) is 46.6 Å². The third-order valence-electron chi connectivity index (χ3n) is 6.50. The molecule has 0 N–H and O–H groups in total. The first-order valence-corrected chi connectivity index (χ1v) is 11.7. The summed E-state index contributed by atoms with van der Waals surface area (Å²) in [5, 5.41) is 0. The standard InChI is InChI=1S/C27H30N4O3/c1-19-29-25-13-15-31(18-24(25)27(34)30(19)2)26(33)16-21-7-5-20(6-8-21)9-11-23(32)12-10-22-4-3-14-28-17-22/h3-8,14,17H,9-13,15-16,18H2,1-2H3. The number of pyridine rings is 1. The molecule has 7 nitrogen and oxygen atoms in total. The van der Waals surface area contributed by atoms with Crippen LogP contribution in [0.25, 0.3) is 0 Å². The second kappa shape index (κ2) is 10.5. The Balaban J connectivity index is 1.27. The third kappa shape index (κ3) is 5.65. The van der Waals surface area contributed by atoms with Crippen LogP contribution in [0.5, 0.6) is 0 Å². The molecule has 1 aliphatic heterocycles. The third-order valence-corrected chi connectivity index (χ3v) is 6.50. The fourth-order valence-corrected chi connectivity index (χ4v) is 4.25. The molecule has 1 aliphatic rings. The molecule has 1 aromatic carbocycles. The molecule has 0 spiro atoms. The van der Waals surface area contributed by atoms with Gasteiger partial charge in [0.25, 0.3) is 5.56 Å². The Morgan fingerprint density at radius 1 is 1.00 bits per heavy atom. The molecule has 0 aliphatic carbocycles. The summed E-state index contributed by atoms with van der Waals surface area (Å²) >= 11 is 0. The van der Waals surface area contributed by atoms with E-state index in [0.29, 0.717) is 56.6 Å². The van der Waals surface area contributed by atoms with Gasteiger partial charge in [0.15, 0.2) is 0 Å². The molecule has 7 heteroatoms. The minimum atomic E-state index is -0.0701. The molecule has 0 radical (unpaired) electrons. The van der Waals surface area contributed by atoms with Crippen LogP contribution >= 0.6 is 0 Å². The van der Waals surface area contributed by atoms with Crippen molar-refractivity contribution in [2.24, 2.45) is 7.05 Å². The molecule has 176 valence electrons. The Kier molecular flexibility index (Phi) is 7.30. The molecular formula is C27H30N4O3. The minimum absolute atomic E-state index is 0.00612.